The Morgan fingerprint density at radius 3 is 2.75 bits per heavy atom. The van der Waals surface area contributed by atoms with Crippen molar-refractivity contribution in [3.8, 4) is 0 Å². The molecular formula is C18H20FN3OS. The molecule has 0 saturated heterocycles. The van der Waals surface area contributed by atoms with E-state index in [4.69, 9.17) is 0 Å². The van der Waals surface area contributed by atoms with Crippen LogP contribution < -0.4 is 0 Å². The molecule has 126 valence electrons. The Morgan fingerprint density at radius 1 is 1.33 bits per heavy atom. The first-order valence-corrected chi connectivity index (χ1v) is 9.13. The van der Waals surface area contributed by atoms with Gasteiger partial charge in [-0.3, -0.25) is 4.79 Å². The highest BCUT2D eigenvalue weighted by molar-refractivity contribution is 7.99. The molecule has 0 atom stereocenters. The molecule has 1 aliphatic rings. The van der Waals surface area contributed by atoms with E-state index in [2.05, 4.69) is 21.3 Å². The number of ketones is 1. The zero-order chi connectivity index (χ0) is 16.9. The molecule has 0 amide bonds. The molecule has 0 spiro atoms. The van der Waals surface area contributed by atoms with Gasteiger partial charge in [0.1, 0.15) is 11.6 Å². The van der Waals surface area contributed by atoms with Gasteiger partial charge in [-0.2, -0.15) is 0 Å². The summed E-state index contributed by atoms with van der Waals surface area (Å²) in [5.41, 5.74) is 0.562. The van der Waals surface area contributed by atoms with Crippen LogP contribution in [0.4, 0.5) is 4.39 Å². The molecule has 6 heteroatoms. The molecule has 3 rings (SSSR count). The Bertz CT molecular complexity index is 722. The van der Waals surface area contributed by atoms with Crippen LogP contribution in [0.5, 0.6) is 0 Å². The van der Waals surface area contributed by atoms with E-state index in [9.17, 15) is 9.18 Å². The van der Waals surface area contributed by atoms with E-state index in [0.29, 0.717) is 17.9 Å². The van der Waals surface area contributed by atoms with Crippen LogP contribution in [0.3, 0.4) is 0 Å². The van der Waals surface area contributed by atoms with Crippen molar-refractivity contribution in [2.75, 3.05) is 5.75 Å². The van der Waals surface area contributed by atoms with Crippen molar-refractivity contribution < 1.29 is 9.18 Å². The predicted molar refractivity (Wildman–Crippen MR) is 92.9 cm³/mol. The van der Waals surface area contributed by atoms with Crippen LogP contribution in [0, 0.1) is 5.82 Å². The first-order valence-electron chi connectivity index (χ1n) is 8.14. The van der Waals surface area contributed by atoms with E-state index in [0.717, 1.165) is 29.7 Å². The molecule has 24 heavy (non-hydrogen) atoms. The Balaban J connectivity index is 1.50. The second-order valence-electron chi connectivity index (χ2n) is 5.90. The number of Topliss-reactive ketones (excluding diaryl/α,β-unsaturated/α-hetero) is 1. The number of halogens is 1. The maximum atomic E-state index is 12.9. The number of hydrogen-bond donors (Lipinski definition) is 0. The van der Waals surface area contributed by atoms with Crippen molar-refractivity contribution in [2.24, 2.45) is 0 Å². The molecule has 1 aromatic carbocycles. The molecule has 1 aliphatic carbocycles. The summed E-state index contributed by atoms with van der Waals surface area (Å²) in [5, 5.41) is 9.48. The van der Waals surface area contributed by atoms with Crippen LogP contribution in [0.2, 0.25) is 0 Å². The van der Waals surface area contributed by atoms with Gasteiger partial charge in [0.05, 0.1) is 0 Å². The minimum absolute atomic E-state index is 0.0434. The quantitative estimate of drug-likeness (QED) is 0.295. The van der Waals surface area contributed by atoms with Gasteiger partial charge in [-0.25, -0.2) is 4.39 Å². The number of hydrogen-bond acceptors (Lipinski definition) is 4. The lowest BCUT2D eigenvalue weighted by atomic mass is 10.1. The number of carbonyl (C=O) groups excluding carboxylic acids is 1. The lowest BCUT2D eigenvalue weighted by molar-refractivity contribution is 0.0982. The molecule has 0 radical (unpaired) electrons. The van der Waals surface area contributed by atoms with Crippen molar-refractivity contribution in [3.05, 3.63) is 54.1 Å². The van der Waals surface area contributed by atoms with Gasteiger partial charge < -0.3 is 4.57 Å². The van der Waals surface area contributed by atoms with E-state index < -0.39 is 0 Å². The standard InChI is InChI=1S/C18H20FN3OS/c1-2-11-22-17(14-5-6-14)20-21-18(22)24-12-3-4-16(23)13-7-9-15(19)10-8-13/h2,7-10,14H,1,3-6,11-12H2. The van der Waals surface area contributed by atoms with Crippen LogP contribution in [0.1, 0.15) is 47.8 Å². The van der Waals surface area contributed by atoms with Crippen LogP contribution >= 0.6 is 11.8 Å². The first-order chi connectivity index (χ1) is 11.7. The maximum absolute atomic E-state index is 12.9. The number of allylic oxidation sites excluding steroid dienone is 1. The molecule has 4 nitrogen and oxygen atoms in total. The summed E-state index contributed by atoms with van der Waals surface area (Å²) >= 11 is 1.62. The third kappa shape index (κ3) is 4.12. The molecule has 1 heterocycles. The number of nitrogens with zero attached hydrogens (tertiary/aromatic N) is 3. The van der Waals surface area contributed by atoms with Crippen LogP contribution in [0.25, 0.3) is 0 Å². The molecule has 0 aliphatic heterocycles. The van der Waals surface area contributed by atoms with E-state index in [-0.39, 0.29) is 11.6 Å². The topological polar surface area (TPSA) is 47.8 Å². The summed E-state index contributed by atoms with van der Waals surface area (Å²) in [5.74, 6) is 2.12. The van der Waals surface area contributed by atoms with E-state index in [1.165, 1.54) is 37.1 Å². The molecule has 1 aromatic heterocycles. The minimum Gasteiger partial charge on any atom is -0.302 e. The molecule has 2 aromatic rings. The molecule has 1 fully saturated rings. The highest BCUT2D eigenvalue weighted by atomic mass is 32.2. The average Bonchev–Trinajstić information content (AvgIpc) is 3.35. The second-order valence-corrected chi connectivity index (χ2v) is 6.96. The van der Waals surface area contributed by atoms with Crippen LogP contribution in [-0.2, 0) is 6.54 Å². The number of thioether (sulfide) groups is 1. The smallest absolute Gasteiger partial charge is 0.191 e. The number of carbonyl (C=O) groups is 1. The van der Waals surface area contributed by atoms with Gasteiger partial charge in [-0.05, 0) is 43.5 Å². The molecule has 0 unspecified atom stereocenters. The highest BCUT2D eigenvalue weighted by Gasteiger charge is 2.30. The zero-order valence-electron chi connectivity index (χ0n) is 13.4. The molecule has 0 bridgehead atoms. The average molecular weight is 345 g/mol. The lowest BCUT2D eigenvalue weighted by Gasteiger charge is -2.06. The van der Waals surface area contributed by atoms with Gasteiger partial charge in [0.15, 0.2) is 10.9 Å². The van der Waals surface area contributed by atoms with Gasteiger partial charge in [0.2, 0.25) is 0 Å². The van der Waals surface area contributed by atoms with E-state index in [1.54, 1.807) is 11.8 Å². The summed E-state index contributed by atoms with van der Waals surface area (Å²) in [6.07, 6.45) is 5.43. The molecular weight excluding hydrogens is 325 g/mol. The Morgan fingerprint density at radius 2 is 2.08 bits per heavy atom. The molecule has 0 N–H and O–H groups in total. The van der Waals surface area contributed by atoms with Crippen molar-refractivity contribution in [3.63, 3.8) is 0 Å². The third-order valence-electron chi connectivity index (χ3n) is 3.95. The minimum atomic E-state index is -0.324. The number of aromatic nitrogens is 3. The third-order valence-corrected chi connectivity index (χ3v) is 5.00. The van der Waals surface area contributed by atoms with Gasteiger partial charge in [-0.15, -0.1) is 16.8 Å². The van der Waals surface area contributed by atoms with Crippen molar-refractivity contribution in [1.82, 2.24) is 14.8 Å². The number of rotatable bonds is 9. The normalized spacial score (nSPS) is 13.9. The van der Waals surface area contributed by atoms with Crippen LogP contribution in [-0.4, -0.2) is 26.3 Å². The maximum Gasteiger partial charge on any atom is 0.191 e. The highest BCUT2D eigenvalue weighted by Crippen LogP contribution is 2.40. The fraction of sp³-hybridized carbons (Fsp3) is 0.389. The van der Waals surface area contributed by atoms with Crippen molar-refractivity contribution in [2.45, 2.75) is 43.3 Å². The summed E-state index contributed by atoms with van der Waals surface area (Å²) in [6.45, 7) is 4.52. The fourth-order valence-corrected chi connectivity index (χ4v) is 3.42. The van der Waals surface area contributed by atoms with Gasteiger partial charge >= 0.3 is 0 Å². The Hall–Kier alpha value is -1.95. The summed E-state index contributed by atoms with van der Waals surface area (Å²) in [6, 6.07) is 5.71. The van der Waals surface area contributed by atoms with E-state index in [1.807, 2.05) is 6.08 Å². The predicted octanol–water partition coefficient (Wildman–Crippen LogP) is 4.24. The van der Waals surface area contributed by atoms with Crippen LogP contribution in [0.15, 0.2) is 42.1 Å². The lowest BCUT2D eigenvalue weighted by Crippen LogP contribution is -2.03. The largest absolute Gasteiger partial charge is 0.302 e. The Labute approximate surface area is 145 Å². The summed E-state index contributed by atoms with van der Waals surface area (Å²) < 4.78 is 15.0. The first kappa shape index (κ1) is 16.9. The SMILES string of the molecule is C=CCn1c(SCCCC(=O)c2ccc(F)cc2)nnc1C1CC1. The zero-order valence-corrected chi connectivity index (χ0v) is 14.3. The number of benzene rings is 1. The van der Waals surface area contributed by atoms with Crippen molar-refractivity contribution >= 4 is 17.5 Å². The van der Waals surface area contributed by atoms with Gasteiger partial charge in [-0.1, -0.05) is 17.8 Å². The Kier molecular flexibility index (Phi) is 5.45. The second kappa shape index (κ2) is 7.75. The molecule has 1 saturated carbocycles. The summed E-state index contributed by atoms with van der Waals surface area (Å²) in [4.78, 5) is 12.1. The van der Waals surface area contributed by atoms with Gasteiger partial charge in [0.25, 0.3) is 0 Å². The van der Waals surface area contributed by atoms with Crippen molar-refractivity contribution in [1.29, 1.82) is 0 Å². The fourth-order valence-electron chi connectivity index (χ4n) is 2.53. The van der Waals surface area contributed by atoms with Gasteiger partial charge in [0, 0.05) is 30.2 Å². The monoisotopic (exact) mass is 345 g/mol. The summed E-state index contributed by atoms with van der Waals surface area (Å²) in [7, 11) is 0. The van der Waals surface area contributed by atoms with E-state index >= 15 is 0 Å².